The van der Waals surface area contributed by atoms with Crippen LogP contribution in [0.1, 0.15) is 19.2 Å². The Morgan fingerprint density at radius 2 is 2.14 bits per heavy atom. The summed E-state index contributed by atoms with van der Waals surface area (Å²) in [6.07, 6.45) is 6.87. The number of nitrogens with one attached hydrogen (secondary N) is 1. The van der Waals surface area contributed by atoms with E-state index in [9.17, 15) is 0 Å². The molecule has 0 aliphatic heterocycles. The predicted molar refractivity (Wildman–Crippen MR) is 61.3 cm³/mol. The van der Waals surface area contributed by atoms with Gasteiger partial charge in [-0.3, -0.25) is 0 Å². The first kappa shape index (κ1) is 11.5. The molecule has 0 aliphatic carbocycles. The first-order valence-corrected chi connectivity index (χ1v) is 6.20. The van der Waals surface area contributed by atoms with E-state index in [-0.39, 0.29) is 0 Å². The molecule has 1 aromatic heterocycles. The monoisotopic (exact) mass is 211 g/mol. The van der Waals surface area contributed by atoms with Gasteiger partial charge in [-0.15, -0.1) is 0 Å². The SMILES string of the molecule is CSCCC(C)NCc1ncccn1. The van der Waals surface area contributed by atoms with Gasteiger partial charge in [0.2, 0.25) is 0 Å². The zero-order valence-electron chi connectivity index (χ0n) is 8.73. The number of aromatic nitrogens is 2. The highest BCUT2D eigenvalue weighted by Gasteiger charge is 2.01. The first-order chi connectivity index (χ1) is 6.83. The maximum Gasteiger partial charge on any atom is 0.141 e. The van der Waals surface area contributed by atoms with Gasteiger partial charge in [0.1, 0.15) is 5.82 Å². The van der Waals surface area contributed by atoms with Crippen molar-refractivity contribution in [2.24, 2.45) is 0 Å². The summed E-state index contributed by atoms with van der Waals surface area (Å²) in [6, 6.07) is 2.37. The maximum atomic E-state index is 4.15. The third-order valence-electron chi connectivity index (χ3n) is 1.98. The zero-order valence-corrected chi connectivity index (χ0v) is 9.55. The van der Waals surface area contributed by atoms with E-state index in [0.29, 0.717) is 6.04 Å². The predicted octanol–water partition coefficient (Wildman–Crippen LogP) is 1.71. The summed E-state index contributed by atoms with van der Waals surface area (Å²) < 4.78 is 0. The molecule has 1 aromatic rings. The normalized spacial score (nSPS) is 12.7. The maximum absolute atomic E-state index is 4.15. The van der Waals surface area contributed by atoms with Crippen LogP contribution in [0.5, 0.6) is 0 Å². The second-order valence-corrected chi connectivity index (χ2v) is 4.21. The van der Waals surface area contributed by atoms with Crippen molar-refractivity contribution >= 4 is 11.8 Å². The van der Waals surface area contributed by atoms with Crippen LogP contribution in [0.2, 0.25) is 0 Å². The summed E-state index contributed by atoms with van der Waals surface area (Å²) in [4.78, 5) is 8.30. The molecule has 0 aromatic carbocycles. The Bertz CT molecular complexity index is 240. The Labute approximate surface area is 89.7 Å². The second-order valence-electron chi connectivity index (χ2n) is 3.23. The molecule has 1 rings (SSSR count). The van der Waals surface area contributed by atoms with E-state index in [1.165, 1.54) is 12.2 Å². The fraction of sp³-hybridized carbons (Fsp3) is 0.600. The Morgan fingerprint density at radius 3 is 2.79 bits per heavy atom. The van der Waals surface area contributed by atoms with Crippen LogP contribution in [0.4, 0.5) is 0 Å². The summed E-state index contributed by atoms with van der Waals surface area (Å²) in [7, 11) is 0. The van der Waals surface area contributed by atoms with Gasteiger partial charge < -0.3 is 5.32 Å². The molecule has 1 unspecified atom stereocenters. The lowest BCUT2D eigenvalue weighted by atomic mass is 10.2. The fourth-order valence-corrected chi connectivity index (χ4v) is 1.67. The van der Waals surface area contributed by atoms with Gasteiger partial charge in [-0.05, 0) is 31.4 Å². The van der Waals surface area contributed by atoms with Crippen molar-refractivity contribution < 1.29 is 0 Å². The Hall–Kier alpha value is -0.610. The van der Waals surface area contributed by atoms with Crippen LogP contribution >= 0.6 is 11.8 Å². The van der Waals surface area contributed by atoms with Gasteiger partial charge in [-0.2, -0.15) is 11.8 Å². The summed E-state index contributed by atoms with van der Waals surface area (Å²) in [6.45, 7) is 2.95. The third kappa shape index (κ3) is 4.58. The lowest BCUT2D eigenvalue weighted by Gasteiger charge is -2.11. The average Bonchev–Trinajstić information content (AvgIpc) is 2.25. The van der Waals surface area contributed by atoms with Crippen LogP contribution in [0.15, 0.2) is 18.5 Å². The Balaban J connectivity index is 2.20. The molecular formula is C10H17N3S. The van der Waals surface area contributed by atoms with Crippen LogP contribution in [0, 0.1) is 0 Å². The average molecular weight is 211 g/mol. The number of rotatable bonds is 6. The van der Waals surface area contributed by atoms with Crippen LogP contribution in [0.25, 0.3) is 0 Å². The van der Waals surface area contributed by atoms with Gasteiger partial charge in [-0.25, -0.2) is 9.97 Å². The topological polar surface area (TPSA) is 37.8 Å². The minimum atomic E-state index is 0.534. The molecule has 3 nitrogen and oxygen atoms in total. The van der Waals surface area contributed by atoms with Crippen molar-refractivity contribution in [2.45, 2.75) is 25.9 Å². The quantitative estimate of drug-likeness (QED) is 0.777. The van der Waals surface area contributed by atoms with Crippen LogP contribution in [-0.2, 0) is 6.54 Å². The van der Waals surface area contributed by atoms with E-state index in [1.54, 1.807) is 12.4 Å². The molecule has 4 heteroatoms. The molecule has 14 heavy (non-hydrogen) atoms. The highest BCUT2D eigenvalue weighted by molar-refractivity contribution is 7.98. The number of nitrogens with zero attached hydrogens (tertiary/aromatic N) is 2. The Kier molecular flexibility index (Phi) is 5.56. The van der Waals surface area contributed by atoms with Gasteiger partial charge >= 0.3 is 0 Å². The minimum Gasteiger partial charge on any atom is -0.307 e. The molecule has 1 N–H and O–H groups in total. The van der Waals surface area contributed by atoms with Gasteiger partial charge in [0.25, 0.3) is 0 Å². The lowest BCUT2D eigenvalue weighted by Crippen LogP contribution is -2.26. The van der Waals surface area contributed by atoms with Crippen molar-refractivity contribution in [3.63, 3.8) is 0 Å². The van der Waals surface area contributed by atoms with Gasteiger partial charge in [0, 0.05) is 18.4 Å². The highest BCUT2D eigenvalue weighted by Crippen LogP contribution is 2.00. The van der Waals surface area contributed by atoms with Crippen LogP contribution in [-0.4, -0.2) is 28.0 Å². The molecule has 0 bridgehead atoms. The molecule has 1 heterocycles. The summed E-state index contributed by atoms with van der Waals surface area (Å²) >= 11 is 1.88. The van der Waals surface area contributed by atoms with Crippen molar-refractivity contribution in [1.29, 1.82) is 0 Å². The molecule has 0 radical (unpaired) electrons. The van der Waals surface area contributed by atoms with E-state index < -0.39 is 0 Å². The second kappa shape index (κ2) is 6.79. The molecule has 78 valence electrons. The highest BCUT2D eigenvalue weighted by atomic mass is 32.2. The molecular weight excluding hydrogens is 194 g/mol. The van der Waals surface area contributed by atoms with Crippen LogP contribution < -0.4 is 5.32 Å². The molecule has 0 saturated carbocycles. The van der Waals surface area contributed by atoms with E-state index in [1.807, 2.05) is 17.8 Å². The summed E-state index contributed by atoms with van der Waals surface area (Å²) in [5.41, 5.74) is 0. The minimum absolute atomic E-state index is 0.534. The van der Waals surface area contributed by atoms with Crippen molar-refractivity contribution in [1.82, 2.24) is 15.3 Å². The van der Waals surface area contributed by atoms with E-state index >= 15 is 0 Å². The third-order valence-corrected chi connectivity index (χ3v) is 2.63. The smallest absolute Gasteiger partial charge is 0.141 e. The molecule has 0 amide bonds. The first-order valence-electron chi connectivity index (χ1n) is 4.81. The summed E-state index contributed by atoms with van der Waals surface area (Å²) in [5.74, 6) is 2.06. The van der Waals surface area contributed by atoms with Gasteiger partial charge in [0.05, 0.1) is 6.54 Å². The molecule has 0 fully saturated rings. The van der Waals surface area contributed by atoms with Crippen molar-refractivity contribution in [3.05, 3.63) is 24.3 Å². The van der Waals surface area contributed by atoms with Crippen molar-refractivity contribution in [3.8, 4) is 0 Å². The molecule has 0 aliphatic rings. The largest absolute Gasteiger partial charge is 0.307 e. The number of hydrogen-bond acceptors (Lipinski definition) is 4. The summed E-state index contributed by atoms with van der Waals surface area (Å²) in [5, 5.41) is 3.40. The van der Waals surface area contributed by atoms with E-state index in [2.05, 4.69) is 28.5 Å². The van der Waals surface area contributed by atoms with Crippen LogP contribution in [0.3, 0.4) is 0 Å². The fourth-order valence-electron chi connectivity index (χ4n) is 1.08. The molecule has 0 spiro atoms. The lowest BCUT2D eigenvalue weighted by molar-refractivity contribution is 0.526. The van der Waals surface area contributed by atoms with Crippen molar-refractivity contribution in [2.75, 3.05) is 12.0 Å². The van der Waals surface area contributed by atoms with Gasteiger partial charge in [0.15, 0.2) is 0 Å². The molecule has 1 atom stereocenters. The standard InChI is InChI=1S/C10H17N3S/c1-9(4-7-14-2)13-8-10-11-5-3-6-12-10/h3,5-6,9,13H,4,7-8H2,1-2H3. The van der Waals surface area contributed by atoms with E-state index in [0.717, 1.165) is 12.4 Å². The number of hydrogen-bond donors (Lipinski definition) is 1. The molecule has 0 saturated heterocycles. The zero-order chi connectivity index (χ0) is 10.2. The van der Waals surface area contributed by atoms with E-state index in [4.69, 9.17) is 0 Å². The van der Waals surface area contributed by atoms with Gasteiger partial charge in [-0.1, -0.05) is 0 Å². The Morgan fingerprint density at radius 1 is 1.43 bits per heavy atom. The number of thioether (sulfide) groups is 1.